The maximum atomic E-state index is 5.86. The van der Waals surface area contributed by atoms with Crippen LogP contribution < -0.4 is 11.5 Å². The first-order valence-corrected chi connectivity index (χ1v) is 4.68. The van der Waals surface area contributed by atoms with Crippen LogP contribution in [0.15, 0.2) is 23.5 Å². The van der Waals surface area contributed by atoms with Crippen LogP contribution in [-0.4, -0.2) is 0 Å². The Hall–Kier alpha value is -0.920. The van der Waals surface area contributed by atoms with Gasteiger partial charge in [-0.25, -0.2) is 0 Å². The van der Waals surface area contributed by atoms with E-state index in [0.717, 1.165) is 11.4 Å². The molecule has 2 heteroatoms. The van der Waals surface area contributed by atoms with E-state index in [1.54, 1.807) is 0 Å². The molecule has 2 nitrogen and oxygen atoms in total. The van der Waals surface area contributed by atoms with Crippen LogP contribution in [0.25, 0.3) is 0 Å². The molecule has 0 amide bonds. The Labute approximate surface area is 81.7 Å². The predicted octanol–water partition coefficient (Wildman–Crippen LogP) is 2.37. The summed E-state index contributed by atoms with van der Waals surface area (Å²) in [4.78, 5) is 0. The lowest BCUT2D eigenvalue weighted by Crippen LogP contribution is -2.16. The first-order chi connectivity index (χ1) is 5.75. The summed E-state index contributed by atoms with van der Waals surface area (Å²) in [6.07, 6.45) is 3.79. The average molecular weight is 182 g/mol. The average Bonchev–Trinajstić information content (AvgIpc) is 1.97. The summed E-state index contributed by atoms with van der Waals surface area (Å²) in [5, 5.41) is 0. The highest BCUT2D eigenvalue weighted by molar-refractivity contribution is 5.18. The minimum atomic E-state index is 0.0216. The Balaban J connectivity index is 4.52. The quantitative estimate of drug-likeness (QED) is 0.644. The SMILES string of the molecule is CC(C)/C(N)=C/C=C(\N)C(C)(C)C. The van der Waals surface area contributed by atoms with Crippen LogP contribution in [0, 0.1) is 11.3 Å². The van der Waals surface area contributed by atoms with Crippen molar-refractivity contribution in [3.63, 3.8) is 0 Å². The van der Waals surface area contributed by atoms with Gasteiger partial charge in [-0.1, -0.05) is 34.6 Å². The van der Waals surface area contributed by atoms with Gasteiger partial charge in [0, 0.05) is 16.8 Å². The molecule has 0 aromatic rings. The van der Waals surface area contributed by atoms with Crippen LogP contribution in [-0.2, 0) is 0 Å². The first-order valence-electron chi connectivity index (χ1n) is 4.68. The monoisotopic (exact) mass is 182 g/mol. The summed E-state index contributed by atoms with van der Waals surface area (Å²) in [7, 11) is 0. The minimum absolute atomic E-state index is 0.0216. The van der Waals surface area contributed by atoms with E-state index in [-0.39, 0.29) is 5.41 Å². The molecule has 0 aliphatic carbocycles. The maximum Gasteiger partial charge on any atom is 0.0136 e. The molecule has 0 fully saturated rings. The summed E-state index contributed by atoms with van der Waals surface area (Å²) in [6.45, 7) is 10.4. The molecule has 0 aromatic carbocycles. The molecule has 0 spiro atoms. The van der Waals surface area contributed by atoms with Gasteiger partial charge in [-0.2, -0.15) is 0 Å². The van der Waals surface area contributed by atoms with Crippen molar-refractivity contribution in [1.82, 2.24) is 0 Å². The minimum Gasteiger partial charge on any atom is -0.402 e. The van der Waals surface area contributed by atoms with Crippen LogP contribution in [0.2, 0.25) is 0 Å². The van der Waals surface area contributed by atoms with Crippen LogP contribution in [0.1, 0.15) is 34.6 Å². The molecule has 0 radical (unpaired) electrons. The van der Waals surface area contributed by atoms with E-state index in [0.29, 0.717) is 5.92 Å². The first kappa shape index (κ1) is 12.1. The highest BCUT2D eigenvalue weighted by Crippen LogP contribution is 2.20. The topological polar surface area (TPSA) is 52.0 Å². The van der Waals surface area contributed by atoms with E-state index in [4.69, 9.17) is 11.5 Å². The molecule has 0 unspecified atom stereocenters. The van der Waals surface area contributed by atoms with Gasteiger partial charge in [0.25, 0.3) is 0 Å². The lowest BCUT2D eigenvalue weighted by atomic mass is 9.92. The van der Waals surface area contributed by atoms with Gasteiger partial charge in [-0.15, -0.1) is 0 Å². The third kappa shape index (κ3) is 4.61. The van der Waals surface area contributed by atoms with E-state index in [2.05, 4.69) is 34.6 Å². The van der Waals surface area contributed by atoms with E-state index < -0.39 is 0 Å². The summed E-state index contributed by atoms with van der Waals surface area (Å²) in [5.74, 6) is 0.379. The fraction of sp³-hybridized carbons (Fsp3) is 0.636. The van der Waals surface area contributed by atoms with Gasteiger partial charge in [-0.3, -0.25) is 0 Å². The summed E-state index contributed by atoms with van der Waals surface area (Å²) < 4.78 is 0. The molecule has 0 aromatic heterocycles. The van der Waals surface area contributed by atoms with Gasteiger partial charge in [0.1, 0.15) is 0 Å². The van der Waals surface area contributed by atoms with E-state index >= 15 is 0 Å². The van der Waals surface area contributed by atoms with Crippen molar-refractivity contribution >= 4 is 0 Å². The standard InChI is InChI=1S/C11H22N2/c1-8(2)9(12)6-7-10(13)11(3,4)5/h6-8H,12-13H2,1-5H3/b9-6-,10-7-. The molecule has 0 aliphatic rings. The predicted molar refractivity (Wildman–Crippen MR) is 58.8 cm³/mol. The van der Waals surface area contributed by atoms with Crippen molar-refractivity contribution in [2.24, 2.45) is 22.8 Å². The van der Waals surface area contributed by atoms with Crippen molar-refractivity contribution in [2.45, 2.75) is 34.6 Å². The van der Waals surface area contributed by atoms with Crippen molar-refractivity contribution < 1.29 is 0 Å². The Morgan fingerprint density at radius 3 is 1.85 bits per heavy atom. The maximum absolute atomic E-state index is 5.86. The van der Waals surface area contributed by atoms with Crippen molar-refractivity contribution in [2.75, 3.05) is 0 Å². The lowest BCUT2D eigenvalue weighted by Gasteiger charge is -2.18. The molecule has 13 heavy (non-hydrogen) atoms. The highest BCUT2D eigenvalue weighted by Gasteiger charge is 2.12. The molecule has 76 valence electrons. The molecule has 0 rings (SSSR count). The zero-order valence-corrected chi connectivity index (χ0v) is 9.39. The molecule has 0 bridgehead atoms. The Bertz CT molecular complexity index is 217. The zero-order valence-electron chi connectivity index (χ0n) is 9.39. The fourth-order valence-corrected chi connectivity index (χ4v) is 0.628. The van der Waals surface area contributed by atoms with E-state index in [1.165, 1.54) is 0 Å². The Morgan fingerprint density at radius 2 is 1.54 bits per heavy atom. The third-order valence-corrected chi connectivity index (χ3v) is 1.99. The number of hydrogen-bond acceptors (Lipinski definition) is 2. The normalized spacial score (nSPS) is 15.2. The largest absolute Gasteiger partial charge is 0.402 e. The van der Waals surface area contributed by atoms with Gasteiger partial charge < -0.3 is 11.5 Å². The van der Waals surface area contributed by atoms with Crippen LogP contribution in [0.5, 0.6) is 0 Å². The second kappa shape index (κ2) is 4.35. The van der Waals surface area contributed by atoms with Crippen molar-refractivity contribution in [3.8, 4) is 0 Å². The van der Waals surface area contributed by atoms with Gasteiger partial charge in [0.15, 0.2) is 0 Å². The number of nitrogens with two attached hydrogens (primary N) is 2. The third-order valence-electron chi connectivity index (χ3n) is 1.99. The molecule has 4 N–H and O–H groups in total. The zero-order chi connectivity index (χ0) is 10.6. The number of hydrogen-bond donors (Lipinski definition) is 2. The fourth-order valence-electron chi connectivity index (χ4n) is 0.628. The second-order valence-electron chi connectivity index (χ2n) is 4.69. The van der Waals surface area contributed by atoms with Crippen LogP contribution in [0.3, 0.4) is 0 Å². The molecule has 0 saturated heterocycles. The number of allylic oxidation sites excluding steroid dienone is 4. The molecule has 0 heterocycles. The molecule has 0 atom stereocenters. The van der Waals surface area contributed by atoms with Crippen molar-refractivity contribution in [3.05, 3.63) is 23.5 Å². The van der Waals surface area contributed by atoms with Crippen LogP contribution in [0.4, 0.5) is 0 Å². The summed E-state index contributed by atoms with van der Waals surface area (Å²) in [5.41, 5.74) is 13.4. The van der Waals surface area contributed by atoms with E-state index in [9.17, 15) is 0 Å². The molecule has 0 aliphatic heterocycles. The smallest absolute Gasteiger partial charge is 0.0136 e. The molecular formula is C11H22N2. The van der Waals surface area contributed by atoms with Gasteiger partial charge in [-0.05, 0) is 18.1 Å². The Morgan fingerprint density at radius 1 is 1.08 bits per heavy atom. The van der Waals surface area contributed by atoms with Gasteiger partial charge >= 0.3 is 0 Å². The number of rotatable bonds is 2. The highest BCUT2D eigenvalue weighted by atomic mass is 14.6. The Kier molecular flexibility index (Phi) is 4.05. The molecule has 0 saturated carbocycles. The van der Waals surface area contributed by atoms with Gasteiger partial charge in [0.05, 0.1) is 0 Å². The summed E-state index contributed by atoms with van der Waals surface area (Å²) in [6, 6.07) is 0. The molecular weight excluding hydrogens is 160 g/mol. The van der Waals surface area contributed by atoms with Crippen molar-refractivity contribution in [1.29, 1.82) is 0 Å². The van der Waals surface area contributed by atoms with Gasteiger partial charge in [0.2, 0.25) is 0 Å². The second-order valence-corrected chi connectivity index (χ2v) is 4.69. The lowest BCUT2D eigenvalue weighted by molar-refractivity contribution is 0.497. The van der Waals surface area contributed by atoms with Crippen LogP contribution >= 0.6 is 0 Å². The van der Waals surface area contributed by atoms with E-state index in [1.807, 2.05) is 12.2 Å². The summed E-state index contributed by atoms with van der Waals surface area (Å²) >= 11 is 0.